The lowest BCUT2D eigenvalue weighted by atomic mass is 10.1. The smallest absolute Gasteiger partial charge is 0.230 e. The van der Waals surface area contributed by atoms with E-state index in [1.54, 1.807) is 23.1 Å². The average Bonchev–Trinajstić information content (AvgIpc) is 3.09. The fourth-order valence-electron chi connectivity index (χ4n) is 2.29. The van der Waals surface area contributed by atoms with Crippen LogP contribution >= 0.6 is 34.9 Å². The number of thiazole rings is 1. The Bertz CT molecular complexity index is 900. The molecule has 0 saturated carbocycles. The minimum Gasteiger partial charge on any atom is -0.355 e. The highest BCUT2D eigenvalue weighted by Crippen LogP contribution is 2.29. The normalized spacial score (nSPS) is 10.6. The van der Waals surface area contributed by atoms with Gasteiger partial charge in [-0.15, -0.1) is 11.3 Å². The quantitative estimate of drug-likeness (QED) is 0.452. The summed E-state index contributed by atoms with van der Waals surface area (Å²) in [6, 6.07) is 17.8. The molecule has 0 spiro atoms. The number of rotatable bonds is 8. The van der Waals surface area contributed by atoms with Crippen molar-refractivity contribution in [3.8, 4) is 6.07 Å². The van der Waals surface area contributed by atoms with Crippen molar-refractivity contribution in [1.29, 1.82) is 5.26 Å². The van der Waals surface area contributed by atoms with Crippen LogP contribution in [-0.4, -0.2) is 28.9 Å². The molecular formula is C19H17N3OS3. The third kappa shape index (κ3) is 5.24. The van der Waals surface area contributed by atoms with Gasteiger partial charge in [0.2, 0.25) is 5.91 Å². The highest BCUT2D eigenvalue weighted by Gasteiger charge is 2.07. The Balaban J connectivity index is 1.35. The van der Waals surface area contributed by atoms with Crippen LogP contribution in [0.1, 0.15) is 11.1 Å². The van der Waals surface area contributed by atoms with E-state index in [9.17, 15) is 4.79 Å². The largest absolute Gasteiger partial charge is 0.355 e. The monoisotopic (exact) mass is 399 g/mol. The first-order chi connectivity index (χ1) is 12.8. The number of nitriles is 1. The number of hydrogen-bond acceptors (Lipinski definition) is 6. The molecule has 7 heteroatoms. The first-order valence-corrected chi connectivity index (χ1v) is 11.0. The molecule has 26 heavy (non-hydrogen) atoms. The second-order valence-corrected chi connectivity index (χ2v) is 8.77. The molecule has 0 bridgehead atoms. The molecule has 1 heterocycles. The van der Waals surface area contributed by atoms with Crippen LogP contribution in [0.2, 0.25) is 0 Å². The van der Waals surface area contributed by atoms with Gasteiger partial charge in [-0.05, 0) is 23.8 Å². The Morgan fingerprint density at radius 3 is 2.85 bits per heavy atom. The summed E-state index contributed by atoms with van der Waals surface area (Å²) in [6.45, 7) is 0.624. The summed E-state index contributed by atoms with van der Waals surface area (Å²) in [5, 5.41) is 12.0. The minimum atomic E-state index is 0.0206. The number of thioether (sulfide) groups is 2. The van der Waals surface area contributed by atoms with E-state index in [1.807, 2.05) is 48.5 Å². The maximum atomic E-state index is 12.0. The number of amides is 1. The number of nitrogens with zero attached hydrogens (tertiary/aromatic N) is 2. The third-order valence-corrected chi connectivity index (χ3v) is 6.75. The number of carbonyl (C=O) groups excluding carboxylic acids is 1. The summed E-state index contributed by atoms with van der Waals surface area (Å²) < 4.78 is 2.06. The van der Waals surface area contributed by atoms with Crippen LogP contribution in [-0.2, 0) is 10.5 Å². The van der Waals surface area contributed by atoms with Gasteiger partial charge in [0, 0.05) is 18.1 Å². The minimum absolute atomic E-state index is 0.0206. The Morgan fingerprint density at radius 2 is 2.00 bits per heavy atom. The van der Waals surface area contributed by atoms with Crippen LogP contribution in [0, 0.1) is 11.3 Å². The fraction of sp³-hybridized carbons (Fsp3) is 0.211. The van der Waals surface area contributed by atoms with Crippen molar-refractivity contribution >= 4 is 51.0 Å². The van der Waals surface area contributed by atoms with E-state index in [4.69, 9.17) is 5.26 Å². The number of fused-ring (bicyclic) bond motifs is 1. The average molecular weight is 400 g/mol. The van der Waals surface area contributed by atoms with Gasteiger partial charge >= 0.3 is 0 Å². The standard InChI is InChI=1S/C19H17N3OS3/c20-11-14-5-1-2-6-15(14)12-24-10-9-21-18(23)13-25-19-22-16-7-3-4-8-17(16)26-19/h1-8H,9-10,12-13H2,(H,21,23). The molecule has 3 rings (SSSR count). The van der Waals surface area contributed by atoms with E-state index >= 15 is 0 Å². The molecule has 0 saturated heterocycles. The van der Waals surface area contributed by atoms with E-state index in [0.29, 0.717) is 12.3 Å². The van der Waals surface area contributed by atoms with Crippen LogP contribution in [0.5, 0.6) is 0 Å². The number of benzene rings is 2. The van der Waals surface area contributed by atoms with Gasteiger partial charge in [-0.1, -0.05) is 42.1 Å². The van der Waals surface area contributed by atoms with Crippen LogP contribution in [0.3, 0.4) is 0 Å². The first kappa shape index (κ1) is 18.8. The number of hydrogen-bond donors (Lipinski definition) is 1. The van der Waals surface area contributed by atoms with Gasteiger partial charge in [0.1, 0.15) is 0 Å². The topological polar surface area (TPSA) is 65.8 Å². The molecule has 1 amide bonds. The molecule has 0 fully saturated rings. The van der Waals surface area contributed by atoms with E-state index < -0.39 is 0 Å². The third-order valence-electron chi connectivity index (χ3n) is 3.56. The van der Waals surface area contributed by atoms with Gasteiger partial charge in [0.25, 0.3) is 0 Å². The van der Waals surface area contributed by atoms with Crippen molar-refractivity contribution in [3.05, 3.63) is 59.7 Å². The number of nitrogens with one attached hydrogen (secondary N) is 1. The van der Waals surface area contributed by atoms with E-state index in [1.165, 1.54) is 11.8 Å². The maximum absolute atomic E-state index is 12.0. The van der Waals surface area contributed by atoms with Gasteiger partial charge < -0.3 is 5.32 Å². The lowest BCUT2D eigenvalue weighted by Crippen LogP contribution is -2.27. The lowest BCUT2D eigenvalue weighted by molar-refractivity contribution is -0.118. The van der Waals surface area contributed by atoms with Crippen LogP contribution < -0.4 is 5.32 Å². The number of carbonyl (C=O) groups is 1. The number of para-hydroxylation sites is 1. The van der Waals surface area contributed by atoms with E-state index in [-0.39, 0.29) is 5.91 Å². The molecule has 0 aliphatic heterocycles. The lowest BCUT2D eigenvalue weighted by Gasteiger charge is -2.05. The van der Waals surface area contributed by atoms with E-state index in [0.717, 1.165) is 37.2 Å². The highest BCUT2D eigenvalue weighted by atomic mass is 32.2. The zero-order valence-corrected chi connectivity index (χ0v) is 16.4. The molecule has 0 aliphatic rings. The summed E-state index contributed by atoms with van der Waals surface area (Å²) in [4.78, 5) is 16.5. The Hall–Kier alpha value is -2.01. The van der Waals surface area contributed by atoms with Gasteiger partial charge in [-0.2, -0.15) is 17.0 Å². The molecule has 1 aromatic heterocycles. The molecule has 2 aromatic carbocycles. The second kappa shape index (κ2) is 9.62. The molecule has 0 aliphatic carbocycles. The van der Waals surface area contributed by atoms with Gasteiger partial charge in [-0.3, -0.25) is 4.79 Å². The molecule has 0 radical (unpaired) electrons. The zero-order valence-electron chi connectivity index (χ0n) is 14.0. The summed E-state index contributed by atoms with van der Waals surface area (Å²) >= 11 is 4.80. The molecule has 0 atom stereocenters. The SMILES string of the molecule is N#Cc1ccccc1CSCCNC(=O)CSc1nc2ccccc2s1. The van der Waals surface area contributed by atoms with Crippen LogP contribution in [0.25, 0.3) is 10.2 Å². The van der Waals surface area contributed by atoms with Crippen LogP contribution in [0.4, 0.5) is 0 Å². The molecule has 4 nitrogen and oxygen atoms in total. The van der Waals surface area contributed by atoms with Crippen molar-refractivity contribution in [3.63, 3.8) is 0 Å². The molecule has 1 N–H and O–H groups in total. The summed E-state index contributed by atoms with van der Waals surface area (Å²) in [7, 11) is 0. The maximum Gasteiger partial charge on any atom is 0.230 e. The Morgan fingerprint density at radius 1 is 1.19 bits per heavy atom. The summed E-state index contributed by atoms with van der Waals surface area (Å²) in [5.41, 5.74) is 2.74. The van der Waals surface area contributed by atoms with Crippen molar-refractivity contribution < 1.29 is 4.79 Å². The number of aromatic nitrogens is 1. The molecular weight excluding hydrogens is 382 g/mol. The van der Waals surface area contributed by atoms with Crippen LogP contribution in [0.15, 0.2) is 52.9 Å². The van der Waals surface area contributed by atoms with Gasteiger partial charge in [-0.25, -0.2) is 4.98 Å². The summed E-state index contributed by atoms with van der Waals surface area (Å²) in [5.74, 6) is 1.99. The summed E-state index contributed by atoms with van der Waals surface area (Å²) in [6.07, 6.45) is 0. The van der Waals surface area contributed by atoms with Crippen molar-refractivity contribution in [2.24, 2.45) is 0 Å². The Kier molecular flexibility index (Phi) is 6.95. The fourth-order valence-corrected chi connectivity index (χ4v) is 5.05. The van der Waals surface area contributed by atoms with Gasteiger partial charge in [0.05, 0.1) is 27.6 Å². The predicted octanol–water partition coefficient (Wildman–Crippen LogP) is 4.31. The molecule has 0 unspecified atom stereocenters. The van der Waals surface area contributed by atoms with E-state index in [2.05, 4.69) is 16.4 Å². The molecule has 3 aromatic rings. The highest BCUT2D eigenvalue weighted by molar-refractivity contribution is 8.01. The van der Waals surface area contributed by atoms with Gasteiger partial charge in [0.15, 0.2) is 4.34 Å². The van der Waals surface area contributed by atoms with Crippen molar-refractivity contribution in [1.82, 2.24) is 10.3 Å². The Labute approximate surface area is 165 Å². The first-order valence-electron chi connectivity index (χ1n) is 8.07. The molecule has 132 valence electrons. The predicted molar refractivity (Wildman–Crippen MR) is 111 cm³/mol. The zero-order chi connectivity index (χ0) is 18.2. The second-order valence-electron chi connectivity index (χ2n) is 5.41. The van der Waals surface area contributed by atoms with Crippen molar-refractivity contribution in [2.45, 2.75) is 10.1 Å². The van der Waals surface area contributed by atoms with Crippen molar-refractivity contribution in [2.75, 3.05) is 18.1 Å².